The number of benzene rings is 1. The van der Waals surface area contributed by atoms with Crippen LogP contribution in [0.4, 0.5) is 0 Å². The lowest BCUT2D eigenvalue weighted by molar-refractivity contribution is -0.176. The third-order valence-electron chi connectivity index (χ3n) is 2.37. The van der Waals surface area contributed by atoms with Crippen molar-refractivity contribution < 1.29 is 19.1 Å². The monoisotopic (exact) mass is 262 g/mol. The Labute approximate surface area is 113 Å². The van der Waals surface area contributed by atoms with Crippen molar-refractivity contribution >= 4 is 18.0 Å². The maximum Gasteiger partial charge on any atom is 0.305 e. The topological polar surface area (TPSA) is 52.6 Å². The minimum atomic E-state index is -0.986. The lowest BCUT2D eigenvalue weighted by Gasteiger charge is -2.12. The Hall–Kier alpha value is -2.10. The van der Waals surface area contributed by atoms with Crippen molar-refractivity contribution in [1.82, 2.24) is 0 Å². The van der Waals surface area contributed by atoms with Crippen LogP contribution in [0.3, 0.4) is 0 Å². The van der Waals surface area contributed by atoms with E-state index in [0.717, 1.165) is 12.0 Å². The summed E-state index contributed by atoms with van der Waals surface area (Å²) < 4.78 is 9.74. The molecule has 1 aromatic carbocycles. The van der Waals surface area contributed by atoms with Gasteiger partial charge in [0.1, 0.15) is 0 Å². The van der Waals surface area contributed by atoms with E-state index in [2.05, 4.69) is 6.92 Å². The zero-order valence-corrected chi connectivity index (χ0v) is 11.4. The summed E-state index contributed by atoms with van der Waals surface area (Å²) in [7, 11) is 0. The predicted molar refractivity (Wildman–Crippen MR) is 72.2 cm³/mol. The SMILES string of the molecule is CCc1cccc(C=CC(OC(C)=O)OC(C)=O)c1. The summed E-state index contributed by atoms with van der Waals surface area (Å²) in [6.07, 6.45) is 3.26. The van der Waals surface area contributed by atoms with Gasteiger partial charge in [-0.15, -0.1) is 0 Å². The summed E-state index contributed by atoms with van der Waals surface area (Å²) in [6.45, 7) is 4.60. The van der Waals surface area contributed by atoms with Crippen LogP contribution in [0, 0.1) is 0 Å². The number of esters is 2. The number of ether oxygens (including phenoxy) is 2. The van der Waals surface area contributed by atoms with E-state index in [1.165, 1.54) is 25.5 Å². The van der Waals surface area contributed by atoms with E-state index in [0.29, 0.717) is 0 Å². The number of hydrogen-bond acceptors (Lipinski definition) is 4. The molecule has 0 aromatic heterocycles. The Bertz CT molecular complexity index is 461. The van der Waals surface area contributed by atoms with Gasteiger partial charge in [-0.25, -0.2) is 0 Å². The molecule has 0 spiro atoms. The van der Waals surface area contributed by atoms with E-state index in [9.17, 15) is 9.59 Å². The van der Waals surface area contributed by atoms with Crippen LogP contribution in [-0.4, -0.2) is 18.2 Å². The normalized spacial score (nSPS) is 10.7. The van der Waals surface area contributed by atoms with E-state index in [4.69, 9.17) is 9.47 Å². The van der Waals surface area contributed by atoms with Crippen LogP contribution in [0.25, 0.3) is 6.08 Å². The Morgan fingerprint density at radius 3 is 2.37 bits per heavy atom. The van der Waals surface area contributed by atoms with Gasteiger partial charge in [0.05, 0.1) is 0 Å². The molecule has 0 aliphatic carbocycles. The molecular weight excluding hydrogens is 244 g/mol. The molecule has 0 saturated carbocycles. The zero-order valence-electron chi connectivity index (χ0n) is 11.4. The molecule has 0 radical (unpaired) electrons. The van der Waals surface area contributed by atoms with Crippen molar-refractivity contribution in [3.05, 3.63) is 41.5 Å². The van der Waals surface area contributed by atoms with Crippen LogP contribution >= 0.6 is 0 Å². The third-order valence-corrected chi connectivity index (χ3v) is 2.37. The molecule has 0 N–H and O–H groups in total. The second kappa shape index (κ2) is 7.36. The van der Waals surface area contributed by atoms with Gasteiger partial charge in [-0.2, -0.15) is 0 Å². The highest BCUT2D eigenvalue weighted by Crippen LogP contribution is 2.09. The smallest absolute Gasteiger partial charge is 0.305 e. The van der Waals surface area contributed by atoms with Crippen LogP contribution < -0.4 is 0 Å². The Balaban J connectivity index is 2.78. The molecule has 102 valence electrons. The summed E-state index contributed by atoms with van der Waals surface area (Å²) in [4.78, 5) is 21.8. The molecule has 0 heterocycles. The van der Waals surface area contributed by atoms with E-state index in [-0.39, 0.29) is 0 Å². The van der Waals surface area contributed by atoms with Gasteiger partial charge in [0.15, 0.2) is 0 Å². The van der Waals surface area contributed by atoms with Gasteiger partial charge in [-0.05, 0) is 23.6 Å². The van der Waals surface area contributed by atoms with Crippen molar-refractivity contribution in [2.75, 3.05) is 0 Å². The average Bonchev–Trinajstić information content (AvgIpc) is 2.35. The first-order valence-corrected chi connectivity index (χ1v) is 6.13. The first kappa shape index (κ1) is 15.0. The molecule has 0 amide bonds. The first-order valence-electron chi connectivity index (χ1n) is 6.13. The number of aryl methyl sites for hydroxylation is 1. The average molecular weight is 262 g/mol. The van der Waals surface area contributed by atoms with Gasteiger partial charge in [-0.1, -0.05) is 37.3 Å². The fourth-order valence-corrected chi connectivity index (χ4v) is 1.54. The highest BCUT2D eigenvalue weighted by atomic mass is 16.7. The molecule has 19 heavy (non-hydrogen) atoms. The summed E-state index contributed by atoms with van der Waals surface area (Å²) in [5.41, 5.74) is 2.17. The van der Waals surface area contributed by atoms with Crippen molar-refractivity contribution in [3.8, 4) is 0 Å². The molecule has 0 unspecified atom stereocenters. The van der Waals surface area contributed by atoms with Gasteiger partial charge in [0, 0.05) is 13.8 Å². The predicted octanol–water partition coefficient (Wildman–Crippen LogP) is 2.71. The van der Waals surface area contributed by atoms with E-state index >= 15 is 0 Å². The van der Waals surface area contributed by atoms with Crippen molar-refractivity contribution in [2.24, 2.45) is 0 Å². The summed E-state index contributed by atoms with van der Waals surface area (Å²) in [5.74, 6) is -1.00. The standard InChI is InChI=1S/C15H18O4/c1-4-13-6-5-7-14(10-13)8-9-15(18-11(2)16)19-12(3)17/h5-10,15H,4H2,1-3H3. The molecule has 0 saturated heterocycles. The highest BCUT2D eigenvalue weighted by molar-refractivity contribution is 5.68. The quantitative estimate of drug-likeness (QED) is 0.604. The summed E-state index contributed by atoms with van der Waals surface area (Å²) in [5, 5.41) is 0. The number of hydrogen-bond donors (Lipinski definition) is 0. The number of carbonyl (C=O) groups is 2. The molecular formula is C15H18O4. The van der Waals surface area contributed by atoms with Gasteiger partial charge >= 0.3 is 11.9 Å². The Morgan fingerprint density at radius 1 is 1.21 bits per heavy atom. The maximum absolute atomic E-state index is 10.9. The first-order chi connectivity index (χ1) is 9.01. The van der Waals surface area contributed by atoms with E-state index < -0.39 is 18.2 Å². The van der Waals surface area contributed by atoms with Gasteiger partial charge in [-0.3, -0.25) is 9.59 Å². The number of rotatable bonds is 5. The second-order valence-corrected chi connectivity index (χ2v) is 4.04. The molecule has 0 bridgehead atoms. The lowest BCUT2D eigenvalue weighted by Crippen LogP contribution is -2.19. The largest absolute Gasteiger partial charge is 0.421 e. The number of carbonyl (C=O) groups excluding carboxylic acids is 2. The molecule has 1 rings (SSSR count). The molecule has 0 aliphatic rings. The van der Waals surface area contributed by atoms with Gasteiger partial charge < -0.3 is 9.47 Å². The minimum Gasteiger partial charge on any atom is -0.421 e. The highest BCUT2D eigenvalue weighted by Gasteiger charge is 2.10. The third kappa shape index (κ3) is 5.86. The Morgan fingerprint density at radius 2 is 1.84 bits per heavy atom. The summed E-state index contributed by atoms with van der Waals surface area (Å²) >= 11 is 0. The van der Waals surface area contributed by atoms with Crippen LogP contribution in [0.5, 0.6) is 0 Å². The van der Waals surface area contributed by atoms with Crippen LogP contribution in [-0.2, 0) is 25.5 Å². The van der Waals surface area contributed by atoms with Crippen LogP contribution in [0.15, 0.2) is 30.3 Å². The fraction of sp³-hybridized carbons (Fsp3) is 0.333. The van der Waals surface area contributed by atoms with Gasteiger partial charge in [0.25, 0.3) is 6.29 Å². The Kier molecular flexibility index (Phi) is 5.79. The minimum absolute atomic E-state index is 0.502. The lowest BCUT2D eigenvalue weighted by atomic mass is 10.1. The molecule has 0 aliphatic heterocycles. The molecule has 1 aromatic rings. The molecule has 4 nitrogen and oxygen atoms in total. The van der Waals surface area contributed by atoms with Crippen LogP contribution in [0.1, 0.15) is 31.9 Å². The second-order valence-electron chi connectivity index (χ2n) is 4.04. The fourth-order valence-electron chi connectivity index (χ4n) is 1.54. The van der Waals surface area contributed by atoms with Crippen molar-refractivity contribution in [3.63, 3.8) is 0 Å². The molecule has 0 atom stereocenters. The molecule has 4 heteroatoms. The maximum atomic E-state index is 10.9. The van der Waals surface area contributed by atoms with Crippen molar-refractivity contribution in [2.45, 2.75) is 33.5 Å². The van der Waals surface area contributed by atoms with Crippen LogP contribution in [0.2, 0.25) is 0 Å². The van der Waals surface area contributed by atoms with Crippen molar-refractivity contribution in [1.29, 1.82) is 0 Å². The van der Waals surface area contributed by atoms with Gasteiger partial charge in [0.2, 0.25) is 0 Å². The molecule has 0 fully saturated rings. The zero-order chi connectivity index (χ0) is 14.3. The van der Waals surface area contributed by atoms with E-state index in [1.54, 1.807) is 6.08 Å². The van der Waals surface area contributed by atoms with E-state index in [1.807, 2.05) is 24.3 Å². The summed E-state index contributed by atoms with van der Waals surface area (Å²) in [6, 6.07) is 7.93.